The molecule has 2 aromatic carbocycles. The van der Waals surface area contributed by atoms with Crippen LogP contribution >= 0.6 is 0 Å². The maximum atomic E-state index is 12.2. The van der Waals surface area contributed by atoms with Gasteiger partial charge in [0, 0.05) is 29.9 Å². The van der Waals surface area contributed by atoms with Gasteiger partial charge in [-0.05, 0) is 51.0 Å². The average molecular weight is 442 g/mol. The molecule has 2 heterocycles. The van der Waals surface area contributed by atoms with Crippen molar-refractivity contribution in [1.29, 1.82) is 0 Å². The SMILES string of the molecule is Cc1nc(Cc2ccccc2)cc(Nc2ccc(-c3cnn(C(=O)OC(C)(C)C)c3)cc2)n1. The summed E-state index contributed by atoms with van der Waals surface area (Å²) in [6, 6.07) is 20.1. The third kappa shape index (κ3) is 6.04. The van der Waals surface area contributed by atoms with E-state index in [2.05, 4.69) is 32.5 Å². The molecule has 7 heteroatoms. The zero-order valence-electron chi connectivity index (χ0n) is 19.2. The van der Waals surface area contributed by atoms with Crippen LogP contribution in [0, 0.1) is 6.92 Å². The number of hydrogen-bond acceptors (Lipinski definition) is 6. The highest BCUT2D eigenvalue weighted by Gasteiger charge is 2.18. The first-order valence-electron chi connectivity index (χ1n) is 10.8. The standard InChI is InChI=1S/C26H27N5O2/c1-18-28-23(14-19-8-6-5-7-9-19)15-24(29-18)30-22-12-10-20(11-13-22)21-16-27-31(17-21)25(32)33-26(2,3)4/h5-13,15-17H,14H2,1-4H3,(H,28,29,30). The van der Waals surface area contributed by atoms with Crippen LogP contribution in [-0.2, 0) is 11.2 Å². The van der Waals surface area contributed by atoms with Crippen molar-refractivity contribution in [3.05, 3.63) is 90.1 Å². The van der Waals surface area contributed by atoms with Gasteiger partial charge < -0.3 is 10.1 Å². The van der Waals surface area contributed by atoms with Gasteiger partial charge in [-0.1, -0.05) is 42.5 Å². The van der Waals surface area contributed by atoms with Crippen molar-refractivity contribution in [2.24, 2.45) is 0 Å². The molecule has 4 aromatic rings. The van der Waals surface area contributed by atoms with Crippen LogP contribution in [0.15, 0.2) is 73.1 Å². The molecule has 33 heavy (non-hydrogen) atoms. The van der Waals surface area contributed by atoms with Gasteiger partial charge in [-0.25, -0.2) is 14.8 Å². The highest BCUT2D eigenvalue weighted by atomic mass is 16.6. The molecule has 0 spiro atoms. The fourth-order valence-corrected chi connectivity index (χ4v) is 3.36. The summed E-state index contributed by atoms with van der Waals surface area (Å²) in [4.78, 5) is 21.3. The third-order valence-electron chi connectivity index (χ3n) is 4.77. The molecule has 168 valence electrons. The summed E-state index contributed by atoms with van der Waals surface area (Å²) < 4.78 is 6.57. The van der Waals surface area contributed by atoms with Crippen molar-refractivity contribution in [1.82, 2.24) is 19.7 Å². The number of anilines is 2. The lowest BCUT2D eigenvalue weighted by molar-refractivity contribution is 0.0514. The summed E-state index contributed by atoms with van der Waals surface area (Å²) in [5.41, 5.74) is 4.27. The number of carbonyl (C=O) groups excluding carboxylic acids is 1. The number of nitrogens with zero attached hydrogens (tertiary/aromatic N) is 4. The van der Waals surface area contributed by atoms with Gasteiger partial charge in [0.15, 0.2) is 0 Å². The van der Waals surface area contributed by atoms with E-state index in [4.69, 9.17) is 4.74 Å². The molecule has 0 radical (unpaired) electrons. The van der Waals surface area contributed by atoms with E-state index in [9.17, 15) is 4.79 Å². The Balaban J connectivity index is 1.46. The second-order valence-corrected chi connectivity index (χ2v) is 8.81. The third-order valence-corrected chi connectivity index (χ3v) is 4.77. The van der Waals surface area contributed by atoms with Crippen LogP contribution in [0.2, 0.25) is 0 Å². The van der Waals surface area contributed by atoms with Crippen LogP contribution in [0.4, 0.5) is 16.3 Å². The predicted molar refractivity (Wildman–Crippen MR) is 129 cm³/mol. The number of hydrogen-bond donors (Lipinski definition) is 1. The number of aryl methyl sites for hydroxylation is 1. The van der Waals surface area contributed by atoms with Crippen molar-refractivity contribution in [3.8, 4) is 11.1 Å². The van der Waals surface area contributed by atoms with Crippen LogP contribution in [-0.4, -0.2) is 31.4 Å². The summed E-state index contributed by atoms with van der Waals surface area (Å²) >= 11 is 0. The Morgan fingerprint density at radius 2 is 1.73 bits per heavy atom. The zero-order valence-corrected chi connectivity index (χ0v) is 19.2. The lowest BCUT2D eigenvalue weighted by Crippen LogP contribution is -2.27. The Kier molecular flexibility index (Phi) is 6.22. The van der Waals surface area contributed by atoms with Gasteiger partial charge in [0.1, 0.15) is 17.2 Å². The van der Waals surface area contributed by atoms with Gasteiger partial charge in [-0.3, -0.25) is 0 Å². The van der Waals surface area contributed by atoms with Crippen molar-refractivity contribution in [3.63, 3.8) is 0 Å². The van der Waals surface area contributed by atoms with E-state index >= 15 is 0 Å². The maximum Gasteiger partial charge on any atom is 0.435 e. The van der Waals surface area contributed by atoms with Crippen LogP contribution in [0.25, 0.3) is 11.1 Å². The van der Waals surface area contributed by atoms with Crippen LogP contribution in [0.3, 0.4) is 0 Å². The maximum absolute atomic E-state index is 12.2. The first-order valence-corrected chi connectivity index (χ1v) is 10.8. The molecule has 0 bridgehead atoms. The van der Waals surface area contributed by atoms with Gasteiger partial charge in [0.05, 0.1) is 11.9 Å². The van der Waals surface area contributed by atoms with Crippen molar-refractivity contribution in [2.75, 3.05) is 5.32 Å². The fraction of sp³-hybridized carbons (Fsp3) is 0.231. The molecule has 4 rings (SSSR count). The van der Waals surface area contributed by atoms with Crippen molar-refractivity contribution in [2.45, 2.75) is 39.7 Å². The lowest BCUT2D eigenvalue weighted by Gasteiger charge is -2.18. The average Bonchev–Trinajstić information content (AvgIpc) is 3.24. The van der Waals surface area contributed by atoms with E-state index in [0.29, 0.717) is 0 Å². The summed E-state index contributed by atoms with van der Waals surface area (Å²) in [6.07, 6.45) is 3.56. The molecule has 0 unspecified atom stereocenters. The highest BCUT2D eigenvalue weighted by Crippen LogP contribution is 2.23. The second-order valence-electron chi connectivity index (χ2n) is 8.81. The zero-order chi connectivity index (χ0) is 23.4. The first kappa shape index (κ1) is 22.2. The molecular formula is C26H27N5O2. The van der Waals surface area contributed by atoms with Gasteiger partial charge in [-0.2, -0.15) is 9.78 Å². The Bertz CT molecular complexity index is 1240. The number of ether oxygens (including phenoxy) is 1. The fourth-order valence-electron chi connectivity index (χ4n) is 3.36. The molecule has 0 saturated heterocycles. The quantitative estimate of drug-likeness (QED) is 0.424. The Morgan fingerprint density at radius 1 is 1.00 bits per heavy atom. The minimum absolute atomic E-state index is 0.502. The minimum atomic E-state index is -0.573. The molecule has 0 fully saturated rings. The van der Waals surface area contributed by atoms with E-state index in [1.165, 1.54) is 10.2 Å². The van der Waals surface area contributed by atoms with Crippen LogP contribution < -0.4 is 5.32 Å². The summed E-state index contributed by atoms with van der Waals surface area (Å²) in [6.45, 7) is 7.37. The summed E-state index contributed by atoms with van der Waals surface area (Å²) in [5, 5.41) is 7.48. The number of aromatic nitrogens is 4. The minimum Gasteiger partial charge on any atom is -0.442 e. The van der Waals surface area contributed by atoms with Gasteiger partial charge in [-0.15, -0.1) is 0 Å². The first-order chi connectivity index (χ1) is 15.7. The van der Waals surface area contributed by atoms with E-state index < -0.39 is 11.7 Å². The lowest BCUT2D eigenvalue weighted by atomic mass is 10.1. The smallest absolute Gasteiger partial charge is 0.435 e. The Hall–Kier alpha value is -4.00. The number of carbonyl (C=O) groups is 1. The molecule has 0 amide bonds. The molecule has 7 nitrogen and oxygen atoms in total. The van der Waals surface area contributed by atoms with E-state index in [0.717, 1.165) is 40.6 Å². The Labute approximate surface area is 193 Å². The van der Waals surface area contributed by atoms with E-state index in [-0.39, 0.29) is 0 Å². The van der Waals surface area contributed by atoms with Crippen molar-refractivity contribution >= 4 is 17.6 Å². The highest BCUT2D eigenvalue weighted by molar-refractivity contribution is 5.73. The summed E-state index contributed by atoms with van der Waals surface area (Å²) in [7, 11) is 0. The molecule has 0 aliphatic heterocycles. The molecule has 0 atom stereocenters. The molecule has 0 aliphatic carbocycles. The van der Waals surface area contributed by atoms with Gasteiger partial charge in [0.25, 0.3) is 0 Å². The number of nitrogens with one attached hydrogen (secondary N) is 1. The molecule has 1 N–H and O–H groups in total. The molecular weight excluding hydrogens is 414 g/mol. The Morgan fingerprint density at radius 3 is 2.42 bits per heavy atom. The topological polar surface area (TPSA) is 81.9 Å². The predicted octanol–water partition coefficient (Wildman–Crippen LogP) is 5.77. The van der Waals surface area contributed by atoms with Gasteiger partial charge in [0.2, 0.25) is 0 Å². The van der Waals surface area contributed by atoms with Crippen LogP contribution in [0.5, 0.6) is 0 Å². The molecule has 0 saturated carbocycles. The van der Waals surface area contributed by atoms with Crippen molar-refractivity contribution < 1.29 is 9.53 Å². The normalized spacial score (nSPS) is 11.3. The van der Waals surface area contributed by atoms with Gasteiger partial charge >= 0.3 is 6.09 Å². The van der Waals surface area contributed by atoms with E-state index in [1.54, 1.807) is 12.4 Å². The monoisotopic (exact) mass is 441 g/mol. The van der Waals surface area contributed by atoms with Crippen LogP contribution in [0.1, 0.15) is 37.9 Å². The number of benzene rings is 2. The summed E-state index contributed by atoms with van der Waals surface area (Å²) in [5.74, 6) is 1.47. The molecule has 0 aliphatic rings. The van der Waals surface area contributed by atoms with E-state index in [1.807, 2.05) is 76.2 Å². The number of rotatable bonds is 5. The molecule has 2 aromatic heterocycles. The largest absolute Gasteiger partial charge is 0.442 e. The second kappa shape index (κ2) is 9.24.